The van der Waals surface area contributed by atoms with Gasteiger partial charge in [0.05, 0.1) is 12.7 Å². The minimum atomic E-state index is -2.76. The van der Waals surface area contributed by atoms with Gasteiger partial charge in [0, 0.05) is 6.54 Å². The first kappa shape index (κ1) is 18.3. The van der Waals surface area contributed by atoms with Gasteiger partial charge in [-0.15, -0.1) is 20.4 Å². The fraction of sp³-hybridized carbons (Fsp3) is 0.235. The van der Waals surface area contributed by atoms with Gasteiger partial charge in [-0.3, -0.25) is 0 Å². The quantitative estimate of drug-likeness (QED) is 0.487. The number of halogens is 2. The van der Waals surface area contributed by atoms with Crippen LogP contribution < -0.4 is 4.74 Å². The van der Waals surface area contributed by atoms with E-state index in [-0.39, 0.29) is 5.65 Å². The first-order chi connectivity index (χ1) is 13.6. The van der Waals surface area contributed by atoms with Crippen molar-refractivity contribution in [2.45, 2.75) is 30.1 Å². The molecule has 0 aliphatic heterocycles. The van der Waals surface area contributed by atoms with Gasteiger partial charge in [0.2, 0.25) is 5.82 Å². The molecule has 3 heterocycles. The Labute approximate surface area is 162 Å². The standard InChI is InChI=1S/C17H15F2N7OS/c1-3-25-15(10-6-4-5-7-11(10)27-2)21-23-17(25)28-13-9-8-12-20-22-16(14(18)19)26(12)24-13/h4-9,14H,3H2,1-2H3. The van der Waals surface area contributed by atoms with Crippen molar-refractivity contribution >= 4 is 17.4 Å². The van der Waals surface area contributed by atoms with Gasteiger partial charge in [-0.25, -0.2) is 8.78 Å². The Bertz CT molecular complexity index is 1130. The molecule has 4 rings (SSSR count). The molecule has 0 N–H and O–H groups in total. The molecule has 144 valence electrons. The van der Waals surface area contributed by atoms with Crippen molar-refractivity contribution in [3.8, 4) is 17.1 Å². The highest BCUT2D eigenvalue weighted by Gasteiger charge is 2.20. The first-order valence-electron chi connectivity index (χ1n) is 8.37. The Hall–Kier alpha value is -3.08. The van der Waals surface area contributed by atoms with E-state index in [2.05, 4.69) is 25.5 Å². The van der Waals surface area contributed by atoms with E-state index in [0.29, 0.717) is 28.3 Å². The van der Waals surface area contributed by atoms with E-state index in [9.17, 15) is 8.78 Å². The van der Waals surface area contributed by atoms with E-state index in [4.69, 9.17) is 4.74 Å². The molecular formula is C17H15F2N7OS. The van der Waals surface area contributed by atoms with Crippen molar-refractivity contribution < 1.29 is 13.5 Å². The van der Waals surface area contributed by atoms with Crippen LogP contribution in [0, 0.1) is 0 Å². The van der Waals surface area contributed by atoms with Crippen molar-refractivity contribution in [1.29, 1.82) is 0 Å². The molecule has 0 fully saturated rings. The second-order valence-electron chi connectivity index (χ2n) is 5.65. The smallest absolute Gasteiger partial charge is 0.299 e. The maximum absolute atomic E-state index is 13.1. The van der Waals surface area contributed by atoms with Gasteiger partial charge in [-0.2, -0.15) is 9.61 Å². The molecule has 0 radical (unpaired) electrons. The number of fused-ring (bicyclic) bond motifs is 1. The Kier molecular flexibility index (Phi) is 4.90. The summed E-state index contributed by atoms with van der Waals surface area (Å²) in [6.07, 6.45) is -2.76. The van der Waals surface area contributed by atoms with Gasteiger partial charge in [0.1, 0.15) is 10.8 Å². The molecule has 0 amide bonds. The average molecular weight is 403 g/mol. The van der Waals surface area contributed by atoms with Crippen LogP contribution in [-0.2, 0) is 6.54 Å². The van der Waals surface area contributed by atoms with Crippen LogP contribution in [0.25, 0.3) is 17.0 Å². The number of methoxy groups -OCH3 is 1. The number of aromatic nitrogens is 7. The van der Waals surface area contributed by atoms with Crippen LogP contribution in [-0.4, -0.2) is 41.7 Å². The molecule has 0 spiro atoms. The topological polar surface area (TPSA) is 83.0 Å². The largest absolute Gasteiger partial charge is 0.496 e. The molecular weight excluding hydrogens is 388 g/mol. The molecule has 0 atom stereocenters. The summed E-state index contributed by atoms with van der Waals surface area (Å²) in [5.74, 6) is 0.844. The lowest BCUT2D eigenvalue weighted by molar-refractivity contribution is 0.137. The second kappa shape index (κ2) is 7.50. The van der Waals surface area contributed by atoms with Crippen molar-refractivity contribution in [2.24, 2.45) is 0 Å². The lowest BCUT2D eigenvalue weighted by Crippen LogP contribution is -2.02. The molecule has 0 saturated carbocycles. The second-order valence-corrected chi connectivity index (χ2v) is 6.64. The molecule has 0 bridgehead atoms. The molecule has 8 nitrogen and oxygen atoms in total. The van der Waals surface area contributed by atoms with Crippen molar-refractivity contribution in [3.63, 3.8) is 0 Å². The maximum atomic E-state index is 13.1. The number of rotatable bonds is 6. The minimum Gasteiger partial charge on any atom is -0.496 e. The average Bonchev–Trinajstić information content (AvgIpc) is 3.31. The van der Waals surface area contributed by atoms with Crippen LogP contribution in [0.4, 0.5) is 8.78 Å². The summed E-state index contributed by atoms with van der Waals surface area (Å²) in [5, 5.41) is 21.0. The number of nitrogens with zero attached hydrogens (tertiary/aromatic N) is 7. The summed E-state index contributed by atoms with van der Waals surface area (Å²) in [6, 6.07) is 10.8. The zero-order valence-electron chi connectivity index (χ0n) is 15.0. The highest BCUT2D eigenvalue weighted by atomic mass is 32.2. The Morgan fingerprint density at radius 2 is 1.89 bits per heavy atom. The zero-order chi connectivity index (χ0) is 19.7. The molecule has 0 unspecified atom stereocenters. The predicted octanol–water partition coefficient (Wildman–Crippen LogP) is 3.50. The zero-order valence-corrected chi connectivity index (χ0v) is 15.8. The monoisotopic (exact) mass is 403 g/mol. The number of alkyl halides is 2. The van der Waals surface area contributed by atoms with Crippen LogP contribution in [0.1, 0.15) is 19.2 Å². The maximum Gasteiger partial charge on any atom is 0.299 e. The van der Waals surface area contributed by atoms with E-state index >= 15 is 0 Å². The van der Waals surface area contributed by atoms with Crippen LogP contribution in [0.3, 0.4) is 0 Å². The Morgan fingerprint density at radius 1 is 1.07 bits per heavy atom. The number of ether oxygens (including phenoxy) is 1. The van der Waals surface area contributed by atoms with E-state index < -0.39 is 12.2 Å². The fourth-order valence-electron chi connectivity index (χ4n) is 2.75. The predicted molar refractivity (Wildman–Crippen MR) is 97.5 cm³/mol. The summed E-state index contributed by atoms with van der Waals surface area (Å²) in [4.78, 5) is 0. The SMILES string of the molecule is CCn1c(Sc2ccc3nnc(C(F)F)n3n2)nnc1-c1ccccc1OC. The van der Waals surface area contributed by atoms with Crippen molar-refractivity contribution in [2.75, 3.05) is 7.11 Å². The lowest BCUT2D eigenvalue weighted by atomic mass is 10.2. The fourth-order valence-corrected chi connectivity index (χ4v) is 3.60. The van der Waals surface area contributed by atoms with Crippen LogP contribution in [0.2, 0.25) is 0 Å². The molecule has 3 aromatic heterocycles. The van der Waals surface area contributed by atoms with E-state index in [1.807, 2.05) is 35.8 Å². The third-order valence-electron chi connectivity index (χ3n) is 4.03. The Balaban J connectivity index is 1.72. The minimum absolute atomic E-state index is 0.256. The molecule has 4 aromatic rings. The molecule has 0 aliphatic rings. The van der Waals surface area contributed by atoms with Crippen LogP contribution in [0.5, 0.6) is 5.75 Å². The molecule has 0 aliphatic carbocycles. The van der Waals surface area contributed by atoms with Crippen LogP contribution in [0.15, 0.2) is 46.6 Å². The van der Waals surface area contributed by atoms with Crippen molar-refractivity contribution in [3.05, 3.63) is 42.2 Å². The highest BCUT2D eigenvalue weighted by Crippen LogP contribution is 2.32. The van der Waals surface area contributed by atoms with Gasteiger partial charge in [0.25, 0.3) is 6.43 Å². The summed E-state index contributed by atoms with van der Waals surface area (Å²) in [7, 11) is 1.60. The Morgan fingerprint density at radius 3 is 2.64 bits per heavy atom. The van der Waals surface area contributed by atoms with Gasteiger partial charge >= 0.3 is 0 Å². The van der Waals surface area contributed by atoms with Gasteiger partial charge < -0.3 is 9.30 Å². The third-order valence-corrected chi connectivity index (χ3v) is 4.95. The normalized spacial score (nSPS) is 11.5. The molecule has 1 aromatic carbocycles. The van der Waals surface area contributed by atoms with Gasteiger partial charge in [0.15, 0.2) is 16.6 Å². The van der Waals surface area contributed by atoms with Crippen LogP contribution >= 0.6 is 11.8 Å². The first-order valence-corrected chi connectivity index (χ1v) is 9.19. The number of para-hydroxylation sites is 1. The number of hydrogen-bond donors (Lipinski definition) is 0. The van der Waals surface area contributed by atoms with Gasteiger partial charge in [-0.05, 0) is 43.0 Å². The number of hydrogen-bond acceptors (Lipinski definition) is 7. The summed E-state index contributed by atoms with van der Waals surface area (Å²) in [6.45, 7) is 2.58. The van der Waals surface area contributed by atoms with E-state index in [0.717, 1.165) is 10.1 Å². The molecule has 11 heteroatoms. The lowest BCUT2D eigenvalue weighted by Gasteiger charge is -2.10. The van der Waals surface area contributed by atoms with E-state index in [1.165, 1.54) is 11.8 Å². The summed E-state index contributed by atoms with van der Waals surface area (Å²) in [5.41, 5.74) is 1.07. The van der Waals surface area contributed by atoms with E-state index in [1.54, 1.807) is 19.2 Å². The van der Waals surface area contributed by atoms with Gasteiger partial charge in [-0.1, -0.05) is 12.1 Å². The third kappa shape index (κ3) is 3.17. The summed E-state index contributed by atoms with van der Waals surface area (Å²) >= 11 is 1.22. The van der Waals surface area contributed by atoms with Crippen molar-refractivity contribution in [1.82, 2.24) is 34.6 Å². The molecule has 0 saturated heterocycles. The summed E-state index contributed by atoms with van der Waals surface area (Å²) < 4.78 is 34.5. The molecule has 28 heavy (non-hydrogen) atoms. The highest BCUT2D eigenvalue weighted by molar-refractivity contribution is 7.99. The number of benzene rings is 1.